The Balaban J connectivity index is 0.000000210. The Bertz CT molecular complexity index is 147. The van der Waals surface area contributed by atoms with Crippen LogP contribution in [0, 0.1) is 0 Å². The van der Waals surface area contributed by atoms with Crippen LogP contribution in [0.1, 0.15) is 19.3 Å². The van der Waals surface area contributed by atoms with E-state index < -0.39 is 0 Å². The molecular weight excluding hydrogens is 597 g/mol. The summed E-state index contributed by atoms with van der Waals surface area (Å²) in [7, 11) is 0. The second-order valence-corrected chi connectivity index (χ2v) is 19.6. The first-order valence-corrected chi connectivity index (χ1v) is 17.9. The summed E-state index contributed by atoms with van der Waals surface area (Å²) < 4.78 is 0. The van der Waals surface area contributed by atoms with Gasteiger partial charge in [-0.15, -0.1) is 0 Å². The van der Waals surface area contributed by atoms with Gasteiger partial charge in [-0.1, -0.05) is 18.6 Å². The van der Waals surface area contributed by atoms with Crippen molar-refractivity contribution in [3.63, 3.8) is 0 Å². The Hall–Kier alpha value is 1.39. The molecule has 2 heterocycles. The molecule has 0 radical (unpaired) electrons. The van der Waals surface area contributed by atoms with Crippen LogP contribution in [0.3, 0.4) is 0 Å². The van der Waals surface area contributed by atoms with Crippen LogP contribution in [0.2, 0.25) is 0 Å². The van der Waals surface area contributed by atoms with Crippen molar-refractivity contribution in [3.8, 4) is 0 Å². The van der Waals surface area contributed by atoms with E-state index in [1.807, 2.05) is 18.4 Å². The molecule has 1 saturated heterocycles. The molecule has 0 saturated carbocycles. The van der Waals surface area contributed by atoms with Crippen LogP contribution in [0.25, 0.3) is 0 Å². The third kappa shape index (κ3) is 15.4. The fourth-order valence-corrected chi connectivity index (χ4v) is 1.21. The molecule has 5 heteroatoms. The molecule has 0 aromatic heterocycles. The molecule has 2 rings (SSSR count). The quantitative estimate of drug-likeness (QED) is 0.410. The standard InChI is InChI=1S/C5H11N.C5H7N.2HI.Pt/c2*1-2-4-6-5-3-1;;;/h6H,1-5H2;1-4,6H,5H2;2*1H;/q;;;;+2/p-2. The number of dihydropyridines is 1. The number of rotatable bonds is 0. The number of piperidine rings is 1. The number of allylic oxidation sites excluding steroid dienone is 2. The van der Waals surface area contributed by atoms with Gasteiger partial charge in [-0.25, -0.2) is 0 Å². The zero-order valence-corrected chi connectivity index (χ0v) is 15.2. The van der Waals surface area contributed by atoms with Gasteiger partial charge in [0.25, 0.3) is 0 Å². The van der Waals surface area contributed by atoms with Crippen LogP contribution in [0.5, 0.6) is 0 Å². The van der Waals surface area contributed by atoms with E-state index in [-0.39, 0.29) is 0 Å². The molecule has 2 N–H and O–H groups in total. The summed E-state index contributed by atoms with van der Waals surface area (Å²) in [4.78, 5) is 0. The van der Waals surface area contributed by atoms with E-state index in [4.69, 9.17) is 0 Å². The second kappa shape index (κ2) is 15.4. The van der Waals surface area contributed by atoms with Crippen LogP contribution in [0.4, 0.5) is 0 Å². The van der Waals surface area contributed by atoms with E-state index in [1.54, 1.807) is 0 Å². The molecule has 0 aromatic rings. The van der Waals surface area contributed by atoms with Crippen molar-refractivity contribution < 1.29 is 11.2 Å². The van der Waals surface area contributed by atoms with Gasteiger partial charge in [0.15, 0.2) is 0 Å². The van der Waals surface area contributed by atoms with Gasteiger partial charge in [0.2, 0.25) is 0 Å². The molecule has 2 aliphatic heterocycles. The van der Waals surface area contributed by atoms with Gasteiger partial charge in [0, 0.05) is 6.54 Å². The summed E-state index contributed by atoms with van der Waals surface area (Å²) >= 11 is 5.30. The molecule has 92 valence electrons. The van der Waals surface area contributed by atoms with Crippen molar-refractivity contribution in [1.82, 2.24) is 10.6 Å². The topological polar surface area (TPSA) is 24.1 Å². The van der Waals surface area contributed by atoms with Crippen molar-refractivity contribution in [1.29, 1.82) is 0 Å². The number of nitrogens with one attached hydrogen (secondary N) is 2. The Morgan fingerprint density at radius 2 is 1.67 bits per heavy atom. The fourth-order valence-electron chi connectivity index (χ4n) is 1.21. The summed E-state index contributed by atoms with van der Waals surface area (Å²) in [6.45, 7) is 3.48. The van der Waals surface area contributed by atoms with Crippen LogP contribution in [-0.2, 0) is 11.2 Å². The molecule has 2 nitrogen and oxygen atoms in total. The van der Waals surface area contributed by atoms with E-state index in [9.17, 15) is 0 Å². The molecule has 1 fully saturated rings. The molecule has 0 spiro atoms. The van der Waals surface area contributed by atoms with Crippen molar-refractivity contribution in [2.24, 2.45) is 0 Å². The monoisotopic (exact) mass is 615 g/mol. The molecule has 0 amide bonds. The van der Waals surface area contributed by atoms with E-state index >= 15 is 0 Å². The Kier molecular flexibility index (Phi) is 16.8. The molecule has 0 aliphatic carbocycles. The Morgan fingerprint density at radius 1 is 1.00 bits per heavy atom. The van der Waals surface area contributed by atoms with Crippen molar-refractivity contribution in [2.75, 3.05) is 19.6 Å². The average molecular weight is 615 g/mol. The molecular formula is C10H18I2N2Pt. The normalized spacial score (nSPS) is 18.0. The maximum atomic E-state index is 3.28. The minimum absolute atomic E-state index is 0.523. The van der Waals surface area contributed by atoms with Gasteiger partial charge in [0.05, 0.1) is 0 Å². The Labute approximate surface area is 122 Å². The van der Waals surface area contributed by atoms with Gasteiger partial charge >= 0.3 is 49.9 Å². The predicted octanol–water partition coefficient (Wildman–Crippen LogP) is 3.19. The predicted molar refractivity (Wildman–Crippen MR) is 81.0 cm³/mol. The zero-order valence-electron chi connectivity index (χ0n) is 8.62. The number of hydrogen-bond donors (Lipinski definition) is 2. The molecule has 0 unspecified atom stereocenters. The van der Waals surface area contributed by atoms with Crippen LogP contribution in [-0.4, -0.2) is 19.6 Å². The maximum absolute atomic E-state index is 3.28. The van der Waals surface area contributed by atoms with Crippen LogP contribution >= 0.6 is 38.7 Å². The van der Waals surface area contributed by atoms with Crippen LogP contribution < -0.4 is 10.6 Å². The van der Waals surface area contributed by atoms with Crippen molar-refractivity contribution in [2.45, 2.75) is 19.3 Å². The van der Waals surface area contributed by atoms with E-state index in [2.05, 4.69) is 55.4 Å². The zero-order chi connectivity index (χ0) is 11.2. The Morgan fingerprint density at radius 3 is 1.80 bits per heavy atom. The van der Waals surface area contributed by atoms with E-state index in [0.29, 0.717) is 11.2 Å². The molecule has 15 heavy (non-hydrogen) atoms. The molecule has 0 aromatic carbocycles. The summed E-state index contributed by atoms with van der Waals surface area (Å²) in [5.41, 5.74) is 0. The van der Waals surface area contributed by atoms with Crippen LogP contribution in [0.15, 0.2) is 24.4 Å². The average Bonchev–Trinajstić information content (AvgIpc) is 2.35. The fraction of sp³-hybridized carbons (Fsp3) is 0.600. The van der Waals surface area contributed by atoms with Gasteiger partial charge in [-0.2, -0.15) is 0 Å². The number of halogens is 2. The van der Waals surface area contributed by atoms with Gasteiger partial charge in [0.1, 0.15) is 0 Å². The van der Waals surface area contributed by atoms with Crippen molar-refractivity contribution in [3.05, 3.63) is 24.4 Å². The van der Waals surface area contributed by atoms with E-state index in [1.165, 1.54) is 32.4 Å². The third-order valence-corrected chi connectivity index (χ3v) is 1.90. The van der Waals surface area contributed by atoms with Crippen molar-refractivity contribution >= 4 is 38.7 Å². The SMILES string of the molecule is C1=CCNC=C1.C1CCNCC1.[I][Pt][I]. The third-order valence-electron chi connectivity index (χ3n) is 1.90. The first kappa shape index (κ1) is 16.4. The molecule has 2 aliphatic rings. The molecule has 0 atom stereocenters. The number of hydrogen-bond acceptors (Lipinski definition) is 2. The van der Waals surface area contributed by atoms with Gasteiger partial charge in [-0.05, 0) is 38.2 Å². The molecule has 0 bridgehead atoms. The summed E-state index contributed by atoms with van der Waals surface area (Å²) in [5.74, 6) is 0. The van der Waals surface area contributed by atoms with E-state index in [0.717, 1.165) is 6.54 Å². The van der Waals surface area contributed by atoms with Gasteiger partial charge < -0.3 is 10.6 Å². The first-order valence-electron chi connectivity index (χ1n) is 5.00. The summed E-state index contributed by atoms with van der Waals surface area (Å²) in [6.07, 6.45) is 12.2. The minimum atomic E-state index is 0.523. The van der Waals surface area contributed by atoms with Gasteiger partial charge in [-0.3, -0.25) is 0 Å². The first-order chi connectivity index (χ1) is 7.41. The second-order valence-electron chi connectivity index (χ2n) is 3.05. The summed E-state index contributed by atoms with van der Waals surface area (Å²) in [5, 5.41) is 6.30. The summed E-state index contributed by atoms with van der Waals surface area (Å²) in [6, 6.07) is 0.